The van der Waals surface area contributed by atoms with Gasteiger partial charge in [-0.15, -0.1) is 0 Å². The molecule has 1 aromatic carbocycles. The average Bonchev–Trinajstić information content (AvgIpc) is 2.31. The number of esters is 1. The number of benzene rings is 1. The minimum absolute atomic E-state index is 0.211. The van der Waals surface area contributed by atoms with Crippen LogP contribution in [0.3, 0.4) is 0 Å². The second-order valence-electron chi connectivity index (χ2n) is 3.63. The van der Waals surface area contributed by atoms with E-state index in [1.165, 1.54) is 6.92 Å². The van der Waals surface area contributed by atoms with Crippen molar-refractivity contribution in [2.45, 2.75) is 33.1 Å². The van der Waals surface area contributed by atoms with Crippen LogP contribution >= 0.6 is 0 Å². The van der Waals surface area contributed by atoms with Gasteiger partial charge in [0.25, 0.3) is 0 Å². The molecule has 0 aromatic heterocycles. The molecule has 0 bridgehead atoms. The largest absolute Gasteiger partial charge is 0.481 e. The zero-order chi connectivity index (χ0) is 14.0. The van der Waals surface area contributed by atoms with Crippen molar-refractivity contribution in [2.75, 3.05) is 6.61 Å². The van der Waals surface area contributed by atoms with Gasteiger partial charge in [0.1, 0.15) is 0 Å². The van der Waals surface area contributed by atoms with Crippen LogP contribution in [0.5, 0.6) is 0 Å². The molecule has 18 heavy (non-hydrogen) atoms. The number of rotatable bonds is 4. The molecule has 100 valence electrons. The Labute approximate surface area is 108 Å². The van der Waals surface area contributed by atoms with E-state index < -0.39 is 5.97 Å². The summed E-state index contributed by atoms with van der Waals surface area (Å²) < 4.78 is 4.40. The third-order valence-corrected chi connectivity index (χ3v) is 2.26. The first-order valence-electron chi connectivity index (χ1n) is 5.94. The smallest absolute Gasteiger partial charge is 0.310 e. The highest BCUT2D eigenvalue weighted by Gasteiger charge is 2.16. The lowest BCUT2D eigenvalue weighted by molar-refractivity contribution is -0.140. The zero-order valence-corrected chi connectivity index (χ0v) is 11.1. The van der Waals surface area contributed by atoms with Crippen LogP contribution in [0.4, 0.5) is 0 Å². The fraction of sp³-hybridized carbons (Fsp3) is 0.429. The van der Waals surface area contributed by atoms with Gasteiger partial charge in [-0.25, -0.2) is 0 Å². The maximum atomic E-state index is 10.7. The lowest BCUT2D eigenvalue weighted by Gasteiger charge is -2.08. The molecule has 0 saturated carbocycles. The number of carboxylic acids is 1. The summed E-state index contributed by atoms with van der Waals surface area (Å²) in [4.78, 5) is 20.6. The Bertz CT molecular complexity index is 359. The Morgan fingerprint density at radius 1 is 1.22 bits per heavy atom. The molecule has 1 atom stereocenters. The van der Waals surface area contributed by atoms with E-state index in [1.807, 2.05) is 37.3 Å². The maximum Gasteiger partial charge on any atom is 0.310 e. The lowest BCUT2D eigenvalue weighted by atomic mass is 9.97. The van der Waals surface area contributed by atoms with Gasteiger partial charge in [-0.1, -0.05) is 37.3 Å². The average molecular weight is 252 g/mol. The van der Waals surface area contributed by atoms with Crippen LogP contribution in [0, 0.1) is 0 Å². The predicted molar refractivity (Wildman–Crippen MR) is 69.4 cm³/mol. The Hall–Kier alpha value is -1.84. The van der Waals surface area contributed by atoms with E-state index in [-0.39, 0.29) is 11.9 Å². The molecule has 0 heterocycles. The topological polar surface area (TPSA) is 63.6 Å². The second-order valence-corrected chi connectivity index (χ2v) is 3.63. The summed E-state index contributed by atoms with van der Waals surface area (Å²) in [6, 6.07) is 9.31. The normalized spacial score (nSPS) is 10.8. The van der Waals surface area contributed by atoms with Crippen molar-refractivity contribution in [1.29, 1.82) is 0 Å². The predicted octanol–water partition coefficient (Wildman–Crippen LogP) is 2.83. The number of hydrogen-bond donors (Lipinski definition) is 1. The van der Waals surface area contributed by atoms with Crippen molar-refractivity contribution in [2.24, 2.45) is 0 Å². The maximum absolute atomic E-state index is 10.7. The number of aliphatic carboxylic acids is 1. The molecule has 1 unspecified atom stereocenters. The number of carbonyl (C=O) groups is 2. The Morgan fingerprint density at radius 3 is 2.06 bits per heavy atom. The number of carbonyl (C=O) groups excluding carboxylic acids is 1. The van der Waals surface area contributed by atoms with Gasteiger partial charge in [-0.3, -0.25) is 9.59 Å². The summed E-state index contributed by atoms with van der Waals surface area (Å²) in [5, 5.41) is 8.83. The van der Waals surface area contributed by atoms with Gasteiger partial charge >= 0.3 is 11.9 Å². The molecule has 0 fully saturated rings. The first kappa shape index (κ1) is 16.2. The standard InChI is InChI=1S/C10H12O2.C4H8O2/c1-2-9(10(11)12)8-6-4-3-5-7-8;1-3-6-4(2)5/h3-7,9H,2H2,1H3,(H,11,12);3H2,1-2H3. The van der Waals surface area contributed by atoms with Gasteiger partial charge in [-0.05, 0) is 18.9 Å². The zero-order valence-electron chi connectivity index (χ0n) is 11.1. The molecule has 0 saturated heterocycles. The van der Waals surface area contributed by atoms with E-state index in [0.717, 1.165) is 5.56 Å². The van der Waals surface area contributed by atoms with Crippen LogP contribution in [-0.4, -0.2) is 23.7 Å². The van der Waals surface area contributed by atoms with Crippen molar-refractivity contribution in [3.63, 3.8) is 0 Å². The Balaban J connectivity index is 0.000000411. The second kappa shape index (κ2) is 9.22. The van der Waals surface area contributed by atoms with Gasteiger partial charge in [-0.2, -0.15) is 0 Å². The molecule has 0 radical (unpaired) electrons. The van der Waals surface area contributed by atoms with Gasteiger partial charge in [0, 0.05) is 6.92 Å². The van der Waals surface area contributed by atoms with E-state index in [1.54, 1.807) is 6.92 Å². The molecule has 1 aromatic rings. The molecule has 1 rings (SSSR count). The molecular formula is C14H20O4. The molecule has 0 spiro atoms. The quantitative estimate of drug-likeness (QED) is 0.837. The fourth-order valence-electron chi connectivity index (χ4n) is 1.44. The van der Waals surface area contributed by atoms with Crippen molar-refractivity contribution in [3.05, 3.63) is 35.9 Å². The highest BCUT2D eigenvalue weighted by Crippen LogP contribution is 2.18. The summed E-state index contributed by atoms with van der Waals surface area (Å²) in [6.45, 7) is 5.53. The molecule has 0 aliphatic rings. The summed E-state index contributed by atoms with van der Waals surface area (Å²) in [5.74, 6) is -1.31. The van der Waals surface area contributed by atoms with Gasteiger partial charge in [0.15, 0.2) is 0 Å². The molecular weight excluding hydrogens is 232 g/mol. The van der Waals surface area contributed by atoms with Crippen LogP contribution in [0.1, 0.15) is 38.7 Å². The van der Waals surface area contributed by atoms with E-state index in [0.29, 0.717) is 13.0 Å². The van der Waals surface area contributed by atoms with Gasteiger partial charge < -0.3 is 9.84 Å². The molecule has 4 heteroatoms. The van der Waals surface area contributed by atoms with Crippen molar-refractivity contribution >= 4 is 11.9 Å². The number of ether oxygens (including phenoxy) is 1. The molecule has 0 amide bonds. The van der Waals surface area contributed by atoms with Gasteiger partial charge in [0.05, 0.1) is 12.5 Å². The monoisotopic (exact) mass is 252 g/mol. The molecule has 0 aliphatic heterocycles. The fourth-order valence-corrected chi connectivity index (χ4v) is 1.44. The lowest BCUT2D eigenvalue weighted by Crippen LogP contribution is -2.09. The minimum Gasteiger partial charge on any atom is -0.481 e. The summed E-state index contributed by atoms with van der Waals surface area (Å²) in [7, 11) is 0. The van der Waals surface area contributed by atoms with E-state index in [4.69, 9.17) is 5.11 Å². The third kappa shape index (κ3) is 6.68. The summed E-state index contributed by atoms with van der Waals surface area (Å²) >= 11 is 0. The van der Waals surface area contributed by atoms with E-state index >= 15 is 0 Å². The minimum atomic E-state index is -0.747. The van der Waals surface area contributed by atoms with Gasteiger partial charge in [0.2, 0.25) is 0 Å². The number of hydrogen-bond acceptors (Lipinski definition) is 3. The first-order chi connectivity index (χ1) is 8.52. The van der Waals surface area contributed by atoms with Crippen molar-refractivity contribution < 1.29 is 19.4 Å². The van der Waals surface area contributed by atoms with Crippen LogP contribution in [0.15, 0.2) is 30.3 Å². The summed E-state index contributed by atoms with van der Waals surface area (Å²) in [6.07, 6.45) is 0.638. The molecule has 0 aliphatic carbocycles. The van der Waals surface area contributed by atoms with Crippen LogP contribution in [0.25, 0.3) is 0 Å². The Kier molecular flexibility index (Phi) is 8.27. The third-order valence-electron chi connectivity index (χ3n) is 2.26. The molecule has 4 nitrogen and oxygen atoms in total. The van der Waals surface area contributed by atoms with Crippen LogP contribution in [-0.2, 0) is 14.3 Å². The molecule has 1 N–H and O–H groups in total. The van der Waals surface area contributed by atoms with Crippen molar-refractivity contribution in [1.82, 2.24) is 0 Å². The SMILES string of the molecule is CCC(C(=O)O)c1ccccc1.CCOC(C)=O. The van der Waals surface area contributed by atoms with E-state index in [2.05, 4.69) is 4.74 Å². The van der Waals surface area contributed by atoms with Crippen molar-refractivity contribution in [3.8, 4) is 0 Å². The highest BCUT2D eigenvalue weighted by atomic mass is 16.5. The highest BCUT2D eigenvalue weighted by molar-refractivity contribution is 5.75. The van der Waals surface area contributed by atoms with E-state index in [9.17, 15) is 9.59 Å². The first-order valence-corrected chi connectivity index (χ1v) is 5.94. The van der Waals surface area contributed by atoms with Crippen LogP contribution in [0.2, 0.25) is 0 Å². The Morgan fingerprint density at radius 2 is 1.78 bits per heavy atom. The summed E-state index contributed by atoms with van der Waals surface area (Å²) in [5.41, 5.74) is 0.882. The van der Waals surface area contributed by atoms with Crippen LogP contribution < -0.4 is 0 Å². The number of carboxylic acid groups (broad SMARTS) is 1.